The van der Waals surface area contributed by atoms with Crippen molar-refractivity contribution >= 4 is 23.6 Å². The van der Waals surface area contributed by atoms with E-state index >= 15 is 0 Å². The average Bonchev–Trinajstić information content (AvgIpc) is 2.16. The molecular formula is C10H10ClF2NO. The summed E-state index contributed by atoms with van der Waals surface area (Å²) >= 11 is 5.84. The molecule has 1 aromatic carbocycles. The highest BCUT2D eigenvalue weighted by molar-refractivity contribution is 6.33. The van der Waals surface area contributed by atoms with Crippen LogP contribution in [-0.2, 0) is 0 Å². The van der Waals surface area contributed by atoms with Gasteiger partial charge in [0.2, 0.25) is 0 Å². The van der Waals surface area contributed by atoms with Crippen LogP contribution >= 0.6 is 11.6 Å². The van der Waals surface area contributed by atoms with Crippen molar-refractivity contribution in [1.82, 2.24) is 0 Å². The summed E-state index contributed by atoms with van der Waals surface area (Å²) in [6.07, 6.45) is -1.76. The van der Waals surface area contributed by atoms with Gasteiger partial charge in [0.05, 0.1) is 17.3 Å². The first-order valence-corrected chi connectivity index (χ1v) is 4.66. The first-order chi connectivity index (χ1) is 7.04. The van der Waals surface area contributed by atoms with E-state index in [0.717, 1.165) is 0 Å². The fraction of sp³-hybridized carbons (Fsp3) is 0.300. The summed E-state index contributed by atoms with van der Waals surface area (Å²) in [4.78, 5) is 11.8. The van der Waals surface area contributed by atoms with E-state index in [2.05, 4.69) is 0 Å². The molecule has 0 spiro atoms. The predicted octanol–water partition coefficient (Wildman–Crippen LogP) is 2.85. The number of rotatable bonds is 4. The molecule has 1 rings (SSSR count). The number of aldehydes is 1. The smallest absolute Gasteiger partial charge is 0.255 e. The van der Waals surface area contributed by atoms with Crippen LogP contribution in [0.2, 0.25) is 5.02 Å². The standard InChI is InChI=1S/C10H10ClF2NO/c1-14(5-10(12)13)9-3-2-7(6-15)4-8(9)11/h2-4,6,10H,5H2,1H3. The molecule has 0 aliphatic carbocycles. The predicted molar refractivity (Wildman–Crippen MR) is 56.1 cm³/mol. The largest absolute Gasteiger partial charge is 0.368 e. The van der Waals surface area contributed by atoms with E-state index in [-0.39, 0.29) is 6.54 Å². The zero-order valence-electron chi connectivity index (χ0n) is 8.08. The lowest BCUT2D eigenvalue weighted by Gasteiger charge is -2.19. The monoisotopic (exact) mass is 233 g/mol. The number of nitrogens with zero attached hydrogens (tertiary/aromatic N) is 1. The molecule has 15 heavy (non-hydrogen) atoms. The Bertz CT molecular complexity index is 357. The molecular weight excluding hydrogens is 224 g/mol. The molecule has 0 heterocycles. The molecule has 2 nitrogen and oxygen atoms in total. The summed E-state index contributed by atoms with van der Waals surface area (Å²) in [7, 11) is 1.52. The SMILES string of the molecule is CN(CC(F)F)c1ccc(C=O)cc1Cl. The fourth-order valence-corrected chi connectivity index (χ4v) is 1.54. The Morgan fingerprint density at radius 2 is 2.20 bits per heavy atom. The molecule has 0 fully saturated rings. The van der Waals surface area contributed by atoms with Crippen LogP contribution in [0.4, 0.5) is 14.5 Å². The molecule has 0 radical (unpaired) electrons. The first-order valence-electron chi connectivity index (χ1n) is 4.28. The van der Waals surface area contributed by atoms with Gasteiger partial charge in [0.15, 0.2) is 0 Å². The van der Waals surface area contributed by atoms with E-state index in [9.17, 15) is 13.6 Å². The van der Waals surface area contributed by atoms with E-state index in [0.29, 0.717) is 22.6 Å². The highest BCUT2D eigenvalue weighted by Gasteiger charge is 2.11. The molecule has 0 bridgehead atoms. The van der Waals surface area contributed by atoms with Crippen molar-refractivity contribution in [3.05, 3.63) is 28.8 Å². The second kappa shape index (κ2) is 5.07. The van der Waals surface area contributed by atoms with Crippen LogP contribution in [0.5, 0.6) is 0 Å². The summed E-state index contributed by atoms with van der Waals surface area (Å²) in [5.74, 6) is 0. The molecule has 0 aromatic heterocycles. The molecule has 5 heteroatoms. The van der Waals surface area contributed by atoms with Gasteiger partial charge in [0.1, 0.15) is 6.29 Å². The lowest BCUT2D eigenvalue weighted by atomic mass is 10.2. The molecule has 82 valence electrons. The Morgan fingerprint density at radius 1 is 1.53 bits per heavy atom. The summed E-state index contributed by atoms with van der Waals surface area (Å²) in [6.45, 7) is -0.389. The van der Waals surface area contributed by atoms with Crippen molar-refractivity contribution in [1.29, 1.82) is 0 Å². The number of carbonyl (C=O) groups is 1. The highest BCUT2D eigenvalue weighted by atomic mass is 35.5. The Kier molecular flexibility index (Phi) is 4.03. The highest BCUT2D eigenvalue weighted by Crippen LogP contribution is 2.25. The van der Waals surface area contributed by atoms with Gasteiger partial charge in [-0.15, -0.1) is 0 Å². The molecule has 0 N–H and O–H groups in total. The van der Waals surface area contributed by atoms with Crippen LogP contribution in [-0.4, -0.2) is 26.3 Å². The Balaban J connectivity index is 2.90. The zero-order chi connectivity index (χ0) is 11.4. The molecule has 0 unspecified atom stereocenters. The number of hydrogen-bond donors (Lipinski definition) is 0. The van der Waals surface area contributed by atoms with Gasteiger partial charge >= 0.3 is 0 Å². The van der Waals surface area contributed by atoms with Crippen LogP contribution in [0.15, 0.2) is 18.2 Å². The van der Waals surface area contributed by atoms with Crippen molar-refractivity contribution in [2.75, 3.05) is 18.5 Å². The van der Waals surface area contributed by atoms with Crippen molar-refractivity contribution < 1.29 is 13.6 Å². The number of halogens is 3. The van der Waals surface area contributed by atoms with Crippen LogP contribution in [0, 0.1) is 0 Å². The quantitative estimate of drug-likeness (QED) is 0.746. The molecule has 0 aliphatic rings. The minimum Gasteiger partial charge on any atom is -0.368 e. The lowest BCUT2D eigenvalue weighted by Crippen LogP contribution is -2.24. The third kappa shape index (κ3) is 3.16. The van der Waals surface area contributed by atoms with Crippen LogP contribution in [0.25, 0.3) is 0 Å². The second-order valence-corrected chi connectivity index (χ2v) is 3.51. The Hall–Kier alpha value is -1.16. The first kappa shape index (κ1) is 11.9. The molecule has 1 aromatic rings. The minimum atomic E-state index is -2.42. The fourth-order valence-electron chi connectivity index (χ4n) is 1.21. The van der Waals surface area contributed by atoms with Crippen LogP contribution < -0.4 is 4.90 Å². The van der Waals surface area contributed by atoms with Crippen molar-refractivity contribution in [3.63, 3.8) is 0 Å². The number of carbonyl (C=O) groups excluding carboxylic acids is 1. The van der Waals surface area contributed by atoms with Gasteiger partial charge in [0, 0.05) is 12.6 Å². The molecule has 0 aliphatic heterocycles. The third-order valence-electron chi connectivity index (χ3n) is 1.93. The van der Waals surface area contributed by atoms with Gasteiger partial charge in [-0.3, -0.25) is 4.79 Å². The maximum Gasteiger partial charge on any atom is 0.255 e. The summed E-state index contributed by atoms with van der Waals surface area (Å²) < 4.78 is 24.2. The number of alkyl halides is 2. The maximum atomic E-state index is 12.1. The van der Waals surface area contributed by atoms with Crippen molar-refractivity contribution in [2.45, 2.75) is 6.43 Å². The van der Waals surface area contributed by atoms with Crippen LogP contribution in [0.3, 0.4) is 0 Å². The van der Waals surface area contributed by atoms with Gasteiger partial charge in [-0.2, -0.15) is 0 Å². The molecule has 0 saturated carbocycles. The summed E-state index contributed by atoms with van der Waals surface area (Å²) in [5, 5.41) is 0.294. The van der Waals surface area contributed by atoms with E-state index in [1.807, 2.05) is 0 Å². The maximum absolute atomic E-state index is 12.1. The third-order valence-corrected chi connectivity index (χ3v) is 2.23. The zero-order valence-corrected chi connectivity index (χ0v) is 8.84. The van der Waals surface area contributed by atoms with Crippen molar-refractivity contribution in [3.8, 4) is 0 Å². The van der Waals surface area contributed by atoms with Gasteiger partial charge < -0.3 is 4.90 Å². The van der Waals surface area contributed by atoms with Gasteiger partial charge in [-0.25, -0.2) is 8.78 Å². The summed E-state index contributed by atoms with van der Waals surface area (Å²) in [5.41, 5.74) is 0.914. The molecule has 0 amide bonds. The number of anilines is 1. The normalized spacial score (nSPS) is 10.5. The van der Waals surface area contributed by atoms with E-state index in [1.54, 1.807) is 6.07 Å². The van der Waals surface area contributed by atoms with Crippen LogP contribution in [0.1, 0.15) is 10.4 Å². The topological polar surface area (TPSA) is 20.3 Å². The van der Waals surface area contributed by atoms with E-state index < -0.39 is 6.43 Å². The summed E-state index contributed by atoms with van der Waals surface area (Å²) in [6, 6.07) is 4.54. The Labute approximate surface area is 91.4 Å². The second-order valence-electron chi connectivity index (χ2n) is 3.10. The van der Waals surface area contributed by atoms with Gasteiger partial charge in [-0.05, 0) is 18.2 Å². The minimum absolute atomic E-state index is 0.294. The van der Waals surface area contributed by atoms with Gasteiger partial charge in [0.25, 0.3) is 6.43 Å². The van der Waals surface area contributed by atoms with Crippen molar-refractivity contribution in [2.24, 2.45) is 0 Å². The van der Waals surface area contributed by atoms with E-state index in [1.165, 1.54) is 24.1 Å². The molecule has 0 atom stereocenters. The average molecular weight is 234 g/mol. The Morgan fingerprint density at radius 3 is 2.67 bits per heavy atom. The lowest BCUT2D eigenvalue weighted by molar-refractivity contribution is 0.112. The number of benzene rings is 1. The molecule has 0 saturated heterocycles. The number of hydrogen-bond acceptors (Lipinski definition) is 2. The van der Waals surface area contributed by atoms with Gasteiger partial charge in [-0.1, -0.05) is 11.6 Å². The van der Waals surface area contributed by atoms with E-state index in [4.69, 9.17) is 11.6 Å².